The predicted octanol–water partition coefficient (Wildman–Crippen LogP) is 1.69. The SMILES string of the molecule is CC1CC(C)C(CN)N(CC(=O)N2CCCCCC2)C1. The maximum Gasteiger partial charge on any atom is 0.236 e. The highest BCUT2D eigenvalue weighted by atomic mass is 16.2. The number of nitrogens with zero attached hydrogens (tertiary/aromatic N) is 2. The Bertz CT molecular complexity index is 313. The largest absolute Gasteiger partial charge is 0.342 e. The van der Waals surface area contributed by atoms with Gasteiger partial charge in [-0.3, -0.25) is 9.69 Å². The van der Waals surface area contributed by atoms with Gasteiger partial charge in [0.15, 0.2) is 0 Å². The van der Waals surface area contributed by atoms with Gasteiger partial charge in [-0.25, -0.2) is 0 Å². The Kier molecular flexibility index (Phi) is 5.85. The van der Waals surface area contributed by atoms with Crippen molar-refractivity contribution >= 4 is 5.91 Å². The first-order valence-electron chi connectivity index (χ1n) is 8.33. The van der Waals surface area contributed by atoms with Crippen LogP contribution < -0.4 is 5.73 Å². The van der Waals surface area contributed by atoms with Crippen molar-refractivity contribution in [2.45, 2.75) is 52.0 Å². The first-order valence-corrected chi connectivity index (χ1v) is 8.33. The molecule has 2 N–H and O–H groups in total. The molecule has 0 aromatic heterocycles. The van der Waals surface area contributed by atoms with Crippen molar-refractivity contribution in [1.82, 2.24) is 9.80 Å². The summed E-state index contributed by atoms with van der Waals surface area (Å²) in [5.41, 5.74) is 5.94. The zero-order valence-corrected chi connectivity index (χ0v) is 13.2. The minimum absolute atomic E-state index is 0.312. The van der Waals surface area contributed by atoms with Crippen LogP contribution >= 0.6 is 0 Å². The molecule has 2 heterocycles. The molecule has 0 aromatic carbocycles. The highest BCUT2D eigenvalue weighted by molar-refractivity contribution is 5.78. The standard InChI is InChI=1S/C16H31N3O/c1-13-9-14(2)15(10-17)19(11-13)12-16(20)18-7-5-3-4-6-8-18/h13-15H,3-12,17H2,1-2H3. The van der Waals surface area contributed by atoms with Crippen molar-refractivity contribution < 1.29 is 4.79 Å². The molecule has 4 heteroatoms. The summed E-state index contributed by atoms with van der Waals surface area (Å²) in [6, 6.07) is 0.377. The predicted molar refractivity (Wildman–Crippen MR) is 82.4 cm³/mol. The van der Waals surface area contributed by atoms with E-state index in [0.29, 0.717) is 36.9 Å². The van der Waals surface area contributed by atoms with Gasteiger partial charge in [0.25, 0.3) is 0 Å². The second kappa shape index (κ2) is 7.41. The third-order valence-electron chi connectivity index (χ3n) is 4.98. The summed E-state index contributed by atoms with van der Waals surface area (Å²) >= 11 is 0. The van der Waals surface area contributed by atoms with E-state index in [1.54, 1.807) is 0 Å². The van der Waals surface area contributed by atoms with E-state index in [2.05, 4.69) is 23.6 Å². The van der Waals surface area contributed by atoms with Gasteiger partial charge in [-0.15, -0.1) is 0 Å². The summed E-state index contributed by atoms with van der Waals surface area (Å²) in [5, 5.41) is 0. The van der Waals surface area contributed by atoms with Crippen molar-refractivity contribution in [3.8, 4) is 0 Å². The molecule has 2 aliphatic rings. The van der Waals surface area contributed by atoms with Crippen molar-refractivity contribution in [2.24, 2.45) is 17.6 Å². The van der Waals surface area contributed by atoms with Gasteiger partial charge in [-0.2, -0.15) is 0 Å². The number of hydrogen-bond donors (Lipinski definition) is 1. The van der Waals surface area contributed by atoms with Gasteiger partial charge in [0, 0.05) is 32.2 Å². The number of nitrogens with two attached hydrogens (primary N) is 1. The molecule has 2 saturated heterocycles. The lowest BCUT2D eigenvalue weighted by Gasteiger charge is -2.42. The number of likely N-dealkylation sites (tertiary alicyclic amines) is 2. The summed E-state index contributed by atoms with van der Waals surface area (Å²) < 4.78 is 0. The van der Waals surface area contributed by atoms with Crippen LogP contribution in [0, 0.1) is 11.8 Å². The van der Waals surface area contributed by atoms with Gasteiger partial charge >= 0.3 is 0 Å². The average Bonchev–Trinajstić information content (AvgIpc) is 2.67. The first-order chi connectivity index (χ1) is 9.61. The molecule has 2 rings (SSSR count). The van der Waals surface area contributed by atoms with Crippen molar-refractivity contribution in [3.63, 3.8) is 0 Å². The normalized spacial score (nSPS) is 33.0. The number of carbonyl (C=O) groups is 1. The Morgan fingerprint density at radius 1 is 1.15 bits per heavy atom. The fourth-order valence-corrected chi connectivity index (χ4v) is 3.92. The first kappa shape index (κ1) is 15.8. The molecule has 0 aliphatic carbocycles. The second-order valence-electron chi connectivity index (χ2n) is 6.85. The van der Waals surface area contributed by atoms with Crippen molar-refractivity contribution in [1.29, 1.82) is 0 Å². The fraction of sp³-hybridized carbons (Fsp3) is 0.938. The van der Waals surface area contributed by atoms with Gasteiger partial charge in [-0.1, -0.05) is 26.7 Å². The molecule has 0 radical (unpaired) electrons. The zero-order chi connectivity index (χ0) is 14.5. The molecule has 3 unspecified atom stereocenters. The maximum atomic E-state index is 12.5. The molecule has 0 aromatic rings. The smallest absolute Gasteiger partial charge is 0.236 e. The molecule has 20 heavy (non-hydrogen) atoms. The summed E-state index contributed by atoms with van der Waals surface area (Å²) in [6.45, 7) is 8.71. The van der Waals surface area contributed by atoms with Crippen LogP contribution in [0.5, 0.6) is 0 Å². The minimum Gasteiger partial charge on any atom is -0.342 e. The monoisotopic (exact) mass is 281 g/mol. The Morgan fingerprint density at radius 3 is 2.40 bits per heavy atom. The molecular formula is C16H31N3O. The Hall–Kier alpha value is -0.610. The molecule has 0 saturated carbocycles. The van der Waals surface area contributed by atoms with Gasteiger partial charge in [0.1, 0.15) is 0 Å². The lowest BCUT2D eigenvalue weighted by molar-refractivity contribution is -0.134. The maximum absolute atomic E-state index is 12.5. The number of amides is 1. The van der Waals surface area contributed by atoms with Gasteiger partial charge in [0.2, 0.25) is 5.91 Å². The van der Waals surface area contributed by atoms with Gasteiger partial charge in [-0.05, 0) is 31.1 Å². The average molecular weight is 281 g/mol. The van der Waals surface area contributed by atoms with Crippen LogP contribution in [0.3, 0.4) is 0 Å². The van der Waals surface area contributed by atoms with E-state index in [9.17, 15) is 4.79 Å². The number of piperidine rings is 1. The Balaban J connectivity index is 1.93. The molecule has 3 atom stereocenters. The highest BCUT2D eigenvalue weighted by Gasteiger charge is 2.32. The molecule has 0 spiro atoms. The van der Waals surface area contributed by atoms with Crippen LogP contribution in [0.25, 0.3) is 0 Å². The van der Waals surface area contributed by atoms with Gasteiger partial charge in [0.05, 0.1) is 6.54 Å². The number of rotatable bonds is 3. The molecule has 116 valence electrons. The third-order valence-corrected chi connectivity index (χ3v) is 4.98. The second-order valence-corrected chi connectivity index (χ2v) is 6.85. The molecule has 4 nitrogen and oxygen atoms in total. The van der Waals surface area contributed by atoms with Crippen LogP contribution in [0.15, 0.2) is 0 Å². The number of hydrogen-bond acceptors (Lipinski definition) is 3. The summed E-state index contributed by atoms with van der Waals surface area (Å²) in [6.07, 6.45) is 6.11. The lowest BCUT2D eigenvalue weighted by atomic mass is 9.85. The zero-order valence-electron chi connectivity index (χ0n) is 13.2. The Labute approximate surface area is 123 Å². The lowest BCUT2D eigenvalue weighted by Crippen LogP contribution is -2.54. The fourth-order valence-electron chi connectivity index (χ4n) is 3.92. The van der Waals surface area contributed by atoms with Crippen LogP contribution in [0.4, 0.5) is 0 Å². The van der Waals surface area contributed by atoms with Crippen LogP contribution in [-0.2, 0) is 4.79 Å². The topological polar surface area (TPSA) is 49.6 Å². The molecule has 2 fully saturated rings. The van der Waals surface area contributed by atoms with E-state index >= 15 is 0 Å². The summed E-state index contributed by atoms with van der Waals surface area (Å²) in [4.78, 5) is 17.0. The van der Waals surface area contributed by atoms with E-state index in [-0.39, 0.29) is 0 Å². The van der Waals surface area contributed by atoms with E-state index in [0.717, 1.165) is 19.6 Å². The van der Waals surface area contributed by atoms with Crippen LogP contribution in [0.2, 0.25) is 0 Å². The molecular weight excluding hydrogens is 250 g/mol. The Morgan fingerprint density at radius 2 is 1.80 bits per heavy atom. The highest BCUT2D eigenvalue weighted by Crippen LogP contribution is 2.26. The number of carbonyl (C=O) groups excluding carboxylic acids is 1. The van der Waals surface area contributed by atoms with E-state index < -0.39 is 0 Å². The molecule has 2 aliphatic heterocycles. The quantitative estimate of drug-likeness (QED) is 0.856. The van der Waals surface area contributed by atoms with E-state index in [1.807, 2.05) is 0 Å². The van der Waals surface area contributed by atoms with E-state index in [1.165, 1.54) is 32.1 Å². The molecule has 0 bridgehead atoms. The summed E-state index contributed by atoms with van der Waals surface area (Å²) in [5.74, 6) is 1.58. The van der Waals surface area contributed by atoms with Crippen molar-refractivity contribution in [3.05, 3.63) is 0 Å². The van der Waals surface area contributed by atoms with Gasteiger partial charge < -0.3 is 10.6 Å². The minimum atomic E-state index is 0.312. The van der Waals surface area contributed by atoms with Crippen molar-refractivity contribution in [2.75, 3.05) is 32.7 Å². The van der Waals surface area contributed by atoms with Crippen LogP contribution in [-0.4, -0.2) is 54.5 Å². The molecule has 1 amide bonds. The van der Waals surface area contributed by atoms with Crippen LogP contribution in [0.1, 0.15) is 46.0 Å². The summed E-state index contributed by atoms with van der Waals surface area (Å²) in [7, 11) is 0. The third kappa shape index (κ3) is 3.95. The van der Waals surface area contributed by atoms with E-state index in [4.69, 9.17) is 5.73 Å².